The number of hydrogen-bond donors (Lipinski definition) is 1. The highest BCUT2D eigenvalue weighted by Crippen LogP contribution is 2.14. The van der Waals surface area contributed by atoms with E-state index in [0.717, 1.165) is 23.4 Å². The lowest BCUT2D eigenvalue weighted by molar-refractivity contribution is 0.628. The first-order chi connectivity index (χ1) is 11.1. The van der Waals surface area contributed by atoms with Gasteiger partial charge >= 0.3 is 0 Å². The van der Waals surface area contributed by atoms with Crippen LogP contribution in [0.1, 0.15) is 25.1 Å². The van der Waals surface area contributed by atoms with Crippen molar-refractivity contribution in [3.05, 3.63) is 58.9 Å². The molecule has 0 bridgehead atoms. The average Bonchev–Trinajstić information content (AvgIpc) is 3.12. The molecule has 6 nitrogen and oxygen atoms in total. The number of H-pyrrole nitrogens is 1. The summed E-state index contributed by atoms with van der Waals surface area (Å²) in [5.41, 5.74) is 3.02. The van der Waals surface area contributed by atoms with E-state index < -0.39 is 0 Å². The van der Waals surface area contributed by atoms with Gasteiger partial charge in [-0.05, 0) is 36.7 Å². The Balaban J connectivity index is 1.97. The van der Waals surface area contributed by atoms with Gasteiger partial charge in [0.25, 0.3) is 0 Å². The quantitative estimate of drug-likeness (QED) is 0.578. The van der Waals surface area contributed by atoms with E-state index in [9.17, 15) is 0 Å². The molecule has 0 spiro atoms. The molecule has 0 saturated carbocycles. The second-order valence-electron chi connectivity index (χ2n) is 5.66. The first-order valence-corrected chi connectivity index (χ1v) is 7.84. The lowest BCUT2D eigenvalue weighted by Crippen LogP contribution is -2.00. The molecule has 7 heteroatoms. The molecule has 0 saturated heterocycles. The number of nitrogens with one attached hydrogen (secondary N) is 1. The number of benzene rings is 1. The zero-order valence-corrected chi connectivity index (χ0v) is 13.9. The summed E-state index contributed by atoms with van der Waals surface area (Å²) in [4.78, 5) is 0. The summed E-state index contributed by atoms with van der Waals surface area (Å²) in [6.07, 6.45) is 6.19. The minimum atomic E-state index is 0.460. The predicted molar refractivity (Wildman–Crippen MR) is 92.5 cm³/mol. The van der Waals surface area contributed by atoms with E-state index in [0.29, 0.717) is 10.7 Å². The zero-order valence-electron chi connectivity index (χ0n) is 13.0. The van der Waals surface area contributed by atoms with Gasteiger partial charge in [0.1, 0.15) is 6.33 Å². The lowest BCUT2D eigenvalue weighted by atomic mass is 10.1. The van der Waals surface area contributed by atoms with Gasteiger partial charge in [-0.1, -0.05) is 32.0 Å². The Morgan fingerprint density at radius 2 is 2.09 bits per heavy atom. The molecule has 0 aliphatic heterocycles. The highest BCUT2D eigenvalue weighted by atomic mass is 32.1. The van der Waals surface area contributed by atoms with Gasteiger partial charge in [0.15, 0.2) is 0 Å². The third-order valence-corrected chi connectivity index (χ3v) is 3.58. The van der Waals surface area contributed by atoms with Crippen molar-refractivity contribution in [2.45, 2.75) is 20.3 Å². The molecule has 2 heterocycles. The van der Waals surface area contributed by atoms with Crippen LogP contribution in [-0.4, -0.2) is 30.9 Å². The van der Waals surface area contributed by atoms with Gasteiger partial charge < -0.3 is 0 Å². The van der Waals surface area contributed by atoms with Crippen molar-refractivity contribution in [3.63, 3.8) is 0 Å². The Morgan fingerprint density at radius 1 is 1.30 bits per heavy atom. The van der Waals surface area contributed by atoms with Crippen molar-refractivity contribution >= 4 is 18.4 Å². The van der Waals surface area contributed by atoms with E-state index in [2.05, 4.69) is 29.1 Å². The summed E-state index contributed by atoms with van der Waals surface area (Å²) in [7, 11) is 0. The summed E-state index contributed by atoms with van der Waals surface area (Å²) in [5, 5.41) is 15.6. The summed E-state index contributed by atoms with van der Waals surface area (Å²) < 4.78 is 3.87. The molecule has 118 valence electrons. The normalized spacial score (nSPS) is 11.6. The summed E-state index contributed by atoms with van der Waals surface area (Å²) >= 11 is 5.10. The monoisotopic (exact) mass is 326 g/mol. The maximum absolute atomic E-state index is 5.10. The molecule has 1 aromatic carbocycles. The fourth-order valence-corrected chi connectivity index (χ4v) is 2.39. The highest BCUT2D eigenvalue weighted by molar-refractivity contribution is 7.71. The first-order valence-electron chi connectivity index (χ1n) is 7.44. The largest absolute Gasteiger partial charge is 0.250 e. The Labute approximate surface area is 139 Å². The average molecular weight is 326 g/mol. The summed E-state index contributed by atoms with van der Waals surface area (Å²) in [6.45, 7) is 4.35. The Bertz CT molecular complexity index is 856. The Hall–Kier alpha value is -2.54. The van der Waals surface area contributed by atoms with Gasteiger partial charge in [-0.15, -0.1) is 0 Å². The van der Waals surface area contributed by atoms with Crippen LogP contribution in [0.4, 0.5) is 0 Å². The molecule has 0 atom stereocenters. The number of aromatic amines is 1. The lowest BCUT2D eigenvalue weighted by Gasteiger charge is -2.02. The van der Waals surface area contributed by atoms with Crippen LogP contribution >= 0.6 is 12.2 Å². The fraction of sp³-hybridized carbons (Fsp3) is 0.250. The molecule has 23 heavy (non-hydrogen) atoms. The number of aromatic nitrogens is 5. The highest BCUT2D eigenvalue weighted by Gasteiger charge is 2.10. The van der Waals surface area contributed by atoms with Crippen LogP contribution in [0.5, 0.6) is 0 Å². The molecule has 2 aromatic heterocycles. The molecule has 3 aromatic rings. The molecule has 0 amide bonds. The second-order valence-corrected chi connectivity index (χ2v) is 6.05. The van der Waals surface area contributed by atoms with Crippen molar-refractivity contribution < 1.29 is 0 Å². The van der Waals surface area contributed by atoms with E-state index in [1.165, 1.54) is 4.68 Å². The molecule has 0 fully saturated rings. The van der Waals surface area contributed by atoms with Crippen LogP contribution in [0.15, 0.2) is 48.0 Å². The second kappa shape index (κ2) is 6.70. The minimum Gasteiger partial charge on any atom is -0.250 e. The SMILES string of the molecule is CC(C)Cc1nn(-c2ccccc2)cc1/C=N\n1cn[nH]c1=S. The fourth-order valence-electron chi connectivity index (χ4n) is 2.24. The van der Waals surface area contributed by atoms with Crippen molar-refractivity contribution in [3.8, 4) is 5.69 Å². The van der Waals surface area contributed by atoms with Crippen LogP contribution in [0.3, 0.4) is 0 Å². The standard InChI is InChI=1S/C16H18N6S/c1-12(2)8-15-13(9-18-22-11-17-19-16(22)23)10-21(20-15)14-6-4-3-5-7-14/h3-7,9-12H,8H2,1-2H3,(H,19,23)/b18-9-. The van der Waals surface area contributed by atoms with Crippen molar-refractivity contribution in [2.75, 3.05) is 0 Å². The maximum Gasteiger partial charge on any atom is 0.216 e. The van der Waals surface area contributed by atoms with Crippen molar-refractivity contribution in [2.24, 2.45) is 11.0 Å². The third-order valence-electron chi connectivity index (χ3n) is 3.30. The van der Waals surface area contributed by atoms with Gasteiger partial charge in [-0.3, -0.25) is 5.10 Å². The molecule has 1 N–H and O–H groups in total. The molecule has 0 unspecified atom stereocenters. The van der Waals surface area contributed by atoms with Crippen molar-refractivity contribution in [1.82, 2.24) is 24.7 Å². The number of para-hydroxylation sites is 1. The Kier molecular flexibility index (Phi) is 4.47. The van der Waals surface area contributed by atoms with E-state index in [4.69, 9.17) is 17.3 Å². The van der Waals surface area contributed by atoms with Crippen LogP contribution in [-0.2, 0) is 6.42 Å². The summed E-state index contributed by atoms with van der Waals surface area (Å²) in [5.74, 6) is 0.511. The van der Waals surface area contributed by atoms with E-state index in [-0.39, 0.29) is 0 Å². The number of rotatable bonds is 5. The molecule has 0 aliphatic carbocycles. The first kappa shape index (κ1) is 15.4. The summed E-state index contributed by atoms with van der Waals surface area (Å²) in [6, 6.07) is 10.0. The molecule has 0 radical (unpaired) electrons. The van der Waals surface area contributed by atoms with Crippen LogP contribution in [0.2, 0.25) is 0 Å². The zero-order chi connectivity index (χ0) is 16.2. The van der Waals surface area contributed by atoms with Crippen LogP contribution in [0.25, 0.3) is 5.69 Å². The molecule has 0 aliphatic rings. The molecular formula is C16H18N6S. The van der Waals surface area contributed by atoms with Crippen LogP contribution in [0, 0.1) is 10.7 Å². The molecule has 3 rings (SSSR count). The number of hydrogen-bond acceptors (Lipinski definition) is 4. The van der Waals surface area contributed by atoms with Gasteiger partial charge in [0, 0.05) is 11.8 Å². The van der Waals surface area contributed by atoms with E-state index in [1.807, 2.05) is 41.2 Å². The number of nitrogens with zero attached hydrogens (tertiary/aromatic N) is 5. The van der Waals surface area contributed by atoms with Gasteiger partial charge in [-0.25, -0.2) is 4.68 Å². The van der Waals surface area contributed by atoms with E-state index >= 15 is 0 Å². The third kappa shape index (κ3) is 3.62. The smallest absolute Gasteiger partial charge is 0.216 e. The van der Waals surface area contributed by atoms with Crippen molar-refractivity contribution in [1.29, 1.82) is 0 Å². The molecular weight excluding hydrogens is 308 g/mol. The maximum atomic E-state index is 5.10. The Morgan fingerprint density at radius 3 is 2.74 bits per heavy atom. The van der Waals surface area contributed by atoms with Gasteiger partial charge in [0.05, 0.1) is 17.6 Å². The van der Waals surface area contributed by atoms with E-state index in [1.54, 1.807) is 12.5 Å². The van der Waals surface area contributed by atoms with Crippen LogP contribution < -0.4 is 0 Å². The van der Waals surface area contributed by atoms with Gasteiger partial charge in [0.2, 0.25) is 4.77 Å². The predicted octanol–water partition coefficient (Wildman–Crippen LogP) is 3.21. The minimum absolute atomic E-state index is 0.460. The van der Waals surface area contributed by atoms with Gasteiger partial charge in [-0.2, -0.15) is 20.0 Å². The topological polar surface area (TPSA) is 63.8 Å².